The molecule has 0 unspecified atom stereocenters. The third-order valence-corrected chi connectivity index (χ3v) is 2.45. The van der Waals surface area contributed by atoms with Crippen LogP contribution in [0.2, 0.25) is 0 Å². The SMILES string of the molecule is C[C@@H]1[C@H](O)C[C@H]2C=C[C@@H]1O2. The Kier molecular flexibility index (Phi) is 1.32. The number of hydrogen-bond donors (Lipinski definition) is 1. The molecule has 1 saturated heterocycles. The fraction of sp³-hybridized carbons (Fsp3) is 0.750. The summed E-state index contributed by atoms with van der Waals surface area (Å²) in [6.45, 7) is 2.03. The average molecular weight is 140 g/mol. The summed E-state index contributed by atoms with van der Waals surface area (Å²) < 4.78 is 5.51. The van der Waals surface area contributed by atoms with E-state index in [2.05, 4.69) is 12.2 Å². The monoisotopic (exact) mass is 140 g/mol. The maximum absolute atomic E-state index is 9.44. The minimum absolute atomic E-state index is 0.168. The molecule has 2 nitrogen and oxygen atoms in total. The second-order valence-electron chi connectivity index (χ2n) is 3.19. The van der Waals surface area contributed by atoms with Crippen molar-refractivity contribution in [3.63, 3.8) is 0 Å². The molecule has 0 radical (unpaired) electrons. The van der Waals surface area contributed by atoms with Crippen LogP contribution in [-0.4, -0.2) is 23.4 Å². The van der Waals surface area contributed by atoms with Crippen molar-refractivity contribution in [2.24, 2.45) is 5.92 Å². The molecule has 0 saturated carbocycles. The van der Waals surface area contributed by atoms with Gasteiger partial charge in [-0.2, -0.15) is 0 Å². The van der Waals surface area contributed by atoms with Gasteiger partial charge in [-0.3, -0.25) is 0 Å². The first kappa shape index (κ1) is 6.38. The van der Waals surface area contributed by atoms with Crippen molar-refractivity contribution in [2.45, 2.75) is 31.7 Å². The van der Waals surface area contributed by atoms with Crippen LogP contribution in [0.25, 0.3) is 0 Å². The van der Waals surface area contributed by atoms with Crippen LogP contribution in [0.1, 0.15) is 13.3 Å². The summed E-state index contributed by atoms with van der Waals surface area (Å²) in [6.07, 6.45) is 5.08. The maximum Gasteiger partial charge on any atom is 0.0815 e. The van der Waals surface area contributed by atoms with E-state index in [0.717, 1.165) is 6.42 Å². The van der Waals surface area contributed by atoms with Gasteiger partial charge in [0.2, 0.25) is 0 Å². The van der Waals surface area contributed by atoms with Gasteiger partial charge in [-0.25, -0.2) is 0 Å². The van der Waals surface area contributed by atoms with E-state index in [9.17, 15) is 5.11 Å². The summed E-state index contributed by atoms with van der Waals surface area (Å²) in [6, 6.07) is 0. The van der Waals surface area contributed by atoms with Crippen molar-refractivity contribution in [1.29, 1.82) is 0 Å². The van der Waals surface area contributed by atoms with E-state index in [1.165, 1.54) is 0 Å². The number of fused-ring (bicyclic) bond motifs is 2. The van der Waals surface area contributed by atoms with E-state index in [-0.39, 0.29) is 24.2 Å². The molecule has 56 valence electrons. The third-order valence-electron chi connectivity index (χ3n) is 2.45. The predicted octanol–water partition coefficient (Wildman–Crippen LogP) is 0.711. The summed E-state index contributed by atoms with van der Waals surface area (Å²) in [4.78, 5) is 0. The van der Waals surface area contributed by atoms with Crippen LogP contribution in [-0.2, 0) is 4.74 Å². The highest BCUT2D eigenvalue weighted by Gasteiger charge is 2.35. The van der Waals surface area contributed by atoms with Crippen LogP contribution in [0.5, 0.6) is 0 Å². The number of aliphatic hydroxyl groups excluding tert-OH is 1. The molecule has 10 heavy (non-hydrogen) atoms. The lowest BCUT2D eigenvalue weighted by Crippen LogP contribution is -2.37. The highest BCUT2D eigenvalue weighted by Crippen LogP contribution is 2.31. The Morgan fingerprint density at radius 3 is 3.10 bits per heavy atom. The zero-order valence-electron chi connectivity index (χ0n) is 6.03. The van der Waals surface area contributed by atoms with Crippen molar-refractivity contribution in [3.8, 4) is 0 Å². The Hall–Kier alpha value is -0.340. The molecule has 0 spiro atoms. The number of rotatable bonds is 0. The van der Waals surface area contributed by atoms with Gasteiger partial charge in [0.15, 0.2) is 0 Å². The van der Waals surface area contributed by atoms with Gasteiger partial charge in [-0.15, -0.1) is 0 Å². The molecule has 2 bridgehead atoms. The Labute approximate surface area is 60.5 Å². The quantitative estimate of drug-likeness (QED) is 0.502. The van der Waals surface area contributed by atoms with Crippen LogP contribution in [0, 0.1) is 5.92 Å². The Bertz CT molecular complexity index is 165. The molecule has 2 aliphatic rings. The van der Waals surface area contributed by atoms with E-state index >= 15 is 0 Å². The topological polar surface area (TPSA) is 29.5 Å². The summed E-state index contributed by atoms with van der Waals surface area (Å²) in [5, 5.41) is 9.44. The summed E-state index contributed by atoms with van der Waals surface area (Å²) in [5.74, 6) is 0.273. The van der Waals surface area contributed by atoms with Gasteiger partial charge in [0.1, 0.15) is 0 Å². The van der Waals surface area contributed by atoms with Crippen LogP contribution in [0.15, 0.2) is 12.2 Å². The van der Waals surface area contributed by atoms with E-state index < -0.39 is 0 Å². The fourth-order valence-corrected chi connectivity index (χ4v) is 1.63. The van der Waals surface area contributed by atoms with Gasteiger partial charge in [-0.05, 0) is 0 Å². The first-order valence-electron chi connectivity index (χ1n) is 3.79. The molecule has 1 N–H and O–H groups in total. The third kappa shape index (κ3) is 0.796. The van der Waals surface area contributed by atoms with Gasteiger partial charge >= 0.3 is 0 Å². The molecular weight excluding hydrogens is 128 g/mol. The van der Waals surface area contributed by atoms with Crippen LogP contribution >= 0.6 is 0 Å². The van der Waals surface area contributed by atoms with Gasteiger partial charge < -0.3 is 9.84 Å². The average Bonchev–Trinajstić information content (AvgIpc) is 2.29. The predicted molar refractivity (Wildman–Crippen MR) is 37.6 cm³/mol. The maximum atomic E-state index is 9.44. The molecule has 2 heterocycles. The summed E-state index contributed by atoms with van der Waals surface area (Å²) in [5.41, 5.74) is 0. The lowest BCUT2D eigenvalue weighted by atomic mass is 9.94. The van der Waals surface area contributed by atoms with Gasteiger partial charge in [-0.1, -0.05) is 19.1 Å². The molecule has 0 aromatic heterocycles. The van der Waals surface area contributed by atoms with Crippen molar-refractivity contribution in [3.05, 3.63) is 12.2 Å². The fourth-order valence-electron chi connectivity index (χ4n) is 1.63. The van der Waals surface area contributed by atoms with E-state index in [1.54, 1.807) is 0 Å². The number of hydrogen-bond acceptors (Lipinski definition) is 2. The highest BCUT2D eigenvalue weighted by atomic mass is 16.5. The zero-order chi connectivity index (χ0) is 7.14. The van der Waals surface area contributed by atoms with Crippen molar-refractivity contribution >= 4 is 0 Å². The van der Waals surface area contributed by atoms with Crippen LogP contribution in [0.4, 0.5) is 0 Å². The molecule has 2 aliphatic heterocycles. The Morgan fingerprint density at radius 2 is 2.30 bits per heavy atom. The minimum Gasteiger partial charge on any atom is -0.393 e. The summed E-state index contributed by atoms with van der Waals surface area (Å²) in [7, 11) is 0. The zero-order valence-corrected chi connectivity index (χ0v) is 6.03. The minimum atomic E-state index is -0.168. The Balaban J connectivity index is 2.16. The molecule has 2 rings (SSSR count). The molecule has 1 fully saturated rings. The first-order valence-corrected chi connectivity index (χ1v) is 3.79. The molecule has 0 aromatic carbocycles. The highest BCUT2D eigenvalue weighted by molar-refractivity contribution is 5.09. The number of aliphatic hydroxyl groups is 1. The van der Waals surface area contributed by atoms with Crippen LogP contribution < -0.4 is 0 Å². The van der Waals surface area contributed by atoms with Crippen molar-refractivity contribution < 1.29 is 9.84 Å². The number of ether oxygens (including phenoxy) is 1. The van der Waals surface area contributed by atoms with Gasteiger partial charge in [0.05, 0.1) is 18.3 Å². The molecule has 4 atom stereocenters. The van der Waals surface area contributed by atoms with E-state index in [1.807, 2.05) is 6.92 Å². The van der Waals surface area contributed by atoms with Crippen LogP contribution in [0.3, 0.4) is 0 Å². The Morgan fingerprint density at radius 1 is 1.50 bits per heavy atom. The van der Waals surface area contributed by atoms with E-state index in [4.69, 9.17) is 4.74 Å². The molecule has 0 aromatic rings. The second kappa shape index (κ2) is 2.07. The second-order valence-corrected chi connectivity index (χ2v) is 3.19. The first-order chi connectivity index (χ1) is 4.77. The van der Waals surface area contributed by atoms with Gasteiger partial charge in [0.25, 0.3) is 0 Å². The van der Waals surface area contributed by atoms with E-state index in [0.29, 0.717) is 0 Å². The molecule has 0 amide bonds. The molecule has 2 heteroatoms. The summed E-state index contributed by atoms with van der Waals surface area (Å²) >= 11 is 0. The van der Waals surface area contributed by atoms with Crippen molar-refractivity contribution in [2.75, 3.05) is 0 Å². The molecule has 0 aliphatic carbocycles. The molecular formula is C8H12O2. The van der Waals surface area contributed by atoms with Gasteiger partial charge in [0, 0.05) is 12.3 Å². The lowest BCUT2D eigenvalue weighted by Gasteiger charge is -2.31. The normalized spacial score (nSPS) is 51.8. The smallest absolute Gasteiger partial charge is 0.0815 e. The largest absolute Gasteiger partial charge is 0.393 e. The van der Waals surface area contributed by atoms with Crippen molar-refractivity contribution in [1.82, 2.24) is 0 Å². The standard InChI is InChI=1S/C8H12O2/c1-5-7(9)4-6-2-3-8(5)10-6/h2-3,5-9H,4H2,1H3/t5-,6-,7-,8+/m1/s1. The lowest BCUT2D eigenvalue weighted by molar-refractivity contribution is -0.0798.